The van der Waals surface area contributed by atoms with Crippen molar-refractivity contribution in [1.82, 2.24) is 15.0 Å². The van der Waals surface area contributed by atoms with Gasteiger partial charge in [-0.05, 0) is 34.8 Å². The van der Waals surface area contributed by atoms with Crippen molar-refractivity contribution in [1.29, 1.82) is 0 Å². The molecule has 0 bridgehead atoms. The number of hydrogen-bond acceptors (Lipinski definition) is 4. The van der Waals surface area contributed by atoms with Crippen molar-refractivity contribution in [3.8, 4) is 22.5 Å². The average Bonchev–Trinajstić information content (AvgIpc) is 3.42. The standard InChI is InChI=1S/C24H19N2OSi.C11H8N.Ir/c1-28(2,17-8-4-3-5-9-17)18-13-14-22(26-16-18)21-11-6-10-19-20-12-7-15-25-24(20)27-23(19)21;1-2-6-10(7-3-1)11-8-4-5-9-12-11;/h3-10,12-16H,1-2H3;1-6,8-9H;/q2*-1;. The minimum absolute atomic E-state index is 0. The Bertz CT molecular complexity index is 1820. The number of aromatic nitrogens is 3. The van der Waals surface area contributed by atoms with E-state index in [9.17, 15) is 0 Å². The molecule has 4 nitrogen and oxygen atoms in total. The molecule has 0 aliphatic carbocycles. The summed E-state index contributed by atoms with van der Waals surface area (Å²) in [6.07, 6.45) is 5.55. The summed E-state index contributed by atoms with van der Waals surface area (Å²) >= 11 is 0. The Kier molecular flexibility index (Phi) is 8.65. The minimum atomic E-state index is -1.77. The Hall–Kier alpha value is -4.22. The molecule has 0 unspecified atom stereocenters. The third kappa shape index (κ3) is 5.96. The van der Waals surface area contributed by atoms with Crippen molar-refractivity contribution in [3.05, 3.63) is 140 Å². The van der Waals surface area contributed by atoms with Gasteiger partial charge in [0.05, 0.1) is 5.58 Å². The Labute approximate surface area is 254 Å². The number of rotatable bonds is 4. The monoisotopic (exact) mass is 726 g/mol. The zero-order valence-electron chi connectivity index (χ0n) is 22.7. The second kappa shape index (κ2) is 12.5. The first-order valence-corrected chi connectivity index (χ1v) is 16.2. The van der Waals surface area contributed by atoms with Crippen LogP contribution in [0.2, 0.25) is 13.1 Å². The van der Waals surface area contributed by atoms with Gasteiger partial charge in [0.25, 0.3) is 0 Å². The maximum absolute atomic E-state index is 6.03. The summed E-state index contributed by atoms with van der Waals surface area (Å²) in [7, 11) is -1.77. The Balaban J connectivity index is 0.000000218. The van der Waals surface area contributed by atoms with Crippen LogP contribution < -0.4 is 10.4 Å². The number of hydrogen-bond donors (Lipinski definition) is 0. The van der Waals surface area contributed by atoms with E-state index in [0.29, 0.717) is 5.71 Å². The van der Waals surface area contributed by atoms with Crippen molar-refractivity contribution in [2.45, 2.75) is 13.1 Å². The molecule has 1 radical (unpaired) electrons. The number of benzene rings is 3. The molecule has 41 heavy (non-hydrogen) atoms. The first kappa shape index (κ1) is 28.3. The van der Waals surface area contributed by atoms with E-state index in [1.807, 2.05) is 72.9 Å². The first-order chi connectivity index (χ1) is 19.6. The van der Waals surface area contributed by atoms with Gasteiger partial charge in [0.2, 0.25) is 5.71 Å². The fourth-order valence-electron chi connectivity index (χ4n) is 4.77. The van der Waals surface area contributed by atoms with Crippen molar-refractivity contribution < 1.29 is 24.5 Å². The number of pyridine rings is 3. The quantitative estimate of drug-likeness (QED) is 0.142. The van der Waals surface area contributed by atoms with Crippen LogP contribution in [0.3, 0.4) is 0 Å². The Morgan fingerprint density at radius 2 is 1.41 bits per heavy atom. The normalized spacial score (nSPS) is 11.0. The Morgan fingerprint density at radius 1 is 0.610 bits per heavy atom. The maximum atomic E-state index is 6.03. The van der Waals surface area contributed by atoms with Crippen LogP contribution in [0.5, 0.6) is 0 Å². The molecule has 4 heterocycles. The van der Waals surface area contributed by atoms with Gasteiger partial charge in [-0.3, -0.25) is 0 Å². The molecule has 7 aromatic rings. The van der Waals surface area contributed by atoms with E-state index in [-0.39, 0.29) is 20.1 Å². The summed E-state index contributed by atoms with van der Waals surface area (Å²) in [6, 6.07) is 43.0. The minimum Gasteiger partial charge on any atom is -0.486 e. The number of fused-ring (bicyclic) bond motifs is 3. The van der Waals surface area contributed by atoms with Crippen LogP contribution in [0.4, 0.5) is 0 Å². The van der Waals surface area contributed by atoms with E-state index < -0.39 is 8.07 Å². The van der Waals surface area contributed by atoms with Gasteiger partial charge in [-0.15, -0.1) is 54.1 Å². The second-order valence-corrected chi connectivity index (χ2v) is 14.4. The van der Waals surface area contributed by atoms with Gasteiger partial charge in [-0.1, -0.05) is 83.8 Å². The van der Waals surface area contributed by atoms with Crippen molar-refractivity contribution in [3.63, 3.8) is 0 Å². The molecular formula is C35H27IrN3OSi-2. The first-order valence-electron chi connectivity index (χ1n) is 13.2. The van der Waals surface area contributed by atoms with Crippen LogP contribution >= 0.6 is 0 Å². The zero-order chi connectivity index (χ0) is 27.4. The van der Waals surface area contributed by atoms with Crippen LogP contribution in [-0.2, 0) is 20.1 Å². The zero-order valence-corrected chi connectivity index (χ0v) is 26.1. The molecule has 0 fully saturated rings. The maximum Gasteiger partial charge on any atom is 0.216 e. The van der Waals surface area contributed by atoms with Crippen LogP contribution in [0, 0.1) is 12.1 Å². The smallest absolute Gasteiger partial charge is 0.216 e. The third-order valence-electron chi connectivity index (χ3n) is 7.10. The summed E-state index contributed by atoms with van der Waals surface area (Å²) in [5, 5.41) is 4.77. The van der Waals surface area contributed by atoms with E-state index >= 15 is 0 Å². The van der Waals surface area contributed by atoms with Gasteiger partial charge >= 0.3 is 0 Å². The number of furan rings is 1. The molecule has 0 N–H and O–H groups in total. The summed E-state index contributed by atoms with van der Waals surface area (Å²) in [6.45, 7) is 4.72. The van der Waals surface area contributed by atoms with Crippen LogP contribution in [0.15, 0.2) is 132 Å². The van der Waals surface area contributed by atoms with E-state index in [1.165, 1.54) is 10.4 Å². The third-order valence-corrected chi connectivity index (χ3v) is 10.6. The second-order valence-electron chi connectivity index (χ2n) is 9.97. The fourth-order valence-corrected chi connectivity index (χ4v) is 7.02. The van der Waals surface area contributed by atoms with E-state index in [2.05, 4.69) is 77.7 Å². The van der Waals surface area contributed by atoms with Crippen LogP contribution in [-0.4, -0.2) is 23.0 Å². The summed E-state index contributed by atoms with van der Waals surface area (Å²) in [5.74, 6) is 0. The SMILES string of the molecule is C[Si](C)(c1ccccc1)c1ccc(-c2[c-]ccc3c2oc2ncccc23)nc1.[Ir].[c-]1ccccc1-c1ccccn1. The van der Waals surface area contributed by atoms with Gasteiger partial charge in [0, 0.05) is 44.1 Å². The molecular weight excluding hydrogens is 699 g/mol. The average molecular weight is 726 g/mol. The van der Waals surface area contributed by atoms with Crippen LogP contribution in [0.1, 0.15) is 0 Å². The van der Waals surface area contributed by atoms with E-state index in [0.717, 1.165) is 38.9 Å². The molecule has 0 aliphatic rings. The predicted molar refractivity (Wildman–Crippen MR) is 165 cm³/mol. The molecule has 4 aromatic heterocycles. The van der Waals surface area contributed by atoms with Gasteiger partial charge in [0.1, 0.15) is 8.07 Å². The van der Waals surface area contributed by atoms with Gasteiger partial charge in [0.15, 0.2) is 0 Å². The van der Waals surface area contributed by atoms with Gasteiger partial charge in [-0.25, -0.2) is 4.98 Å². The molecule has 0 saturated heterocycles. The fraction of sp³-hybridized carbons (Fsp3) is 0.0571. The van der Waals surface area contributed by atoms with E-state index in [1.54, 1.807) is 12.4 Å². The molecule has 3 aromatic carbocycles. The molecule has 0 saturated carbocycles. The number of nitrogens with zero attached hydrogens (tertiary/aromatic N) is 3. The molecule has 0 amide bonds. The van der Waals surface area contributed by atoms with E-state index in [4.69, 9.17) is 9.40 Å². The van der Waals surface area contributed by atoms with Crippen molar-refractivity contribution in [2.24, 2.45) is 0 Å². The molecule has 0 spiro atoms. The molecule has 0 aliphatic heterocycles. The molecule has 0 atom stereocenters. The van der Waals surface area contributed by atoms with Crippen LogP contribution in [0.25, 0.3) is 44.6 Å². The van der Waals surface area contributed by atoms with Crippen molar-refractivity contribution in [2.75, 3.05) is 0 Å². The molecule has 6 heteroatoms. The van der Waals surface area contributed by atoms with Gasteiger partial charge in [-0.2, -0.15) is 0 Å². The molecule has 7 rings (SSSR count). The summed E-state index contributed by atoms with van der Waals surface area (Å²) in [4.78, 5) is 13.3. The summed E-state index contributed by atoms with van der Waals surface area (Å²) in [5.41, 5.74) is 5.19. The van der Waals surface area contributed by atoms with Gasteiger partial charge < -0.3 is 14.4 Å². The topological polar surface area (TPSA) is 51.8 Å². The molecule has 203 valence electrons. The predicted octanol–water partition coefficient (Wildman–Crippen LogP) is 7.21. The summed E-state index contributed by atoms with van der Waals surface area (Å²) < 4.78 is 6.03. The largest absolute Gasteiger partial charge is 0.486 e. The van der Waals surface area contributed by atoms with Crippen molar-refractivity contribution >= 4 is 40.5 Å². The Morgan fingerprint density at radius 3 is 2.15 bits per heavy atom.